The second kappa shape index (κ2) is 6.44. The van der Waals surface area contributed by atoms with Gasteiger partial charge in [-0.15, -0.1) is 34.3 Å². The Bertz CT molecular complexity index is 441. The van der Waals surface area contributed by atoms with Crippen LogP contribution in [-0.2, 0) is 18.8 Å². The number of likely N-dealkylation sites (N-methyl/N-ethyl adjacent to an activating group) is 1. The molecule has 0 amide bonds. The minimum absolute atomic E-state index is 0.505. The number of thiazole rings is 2. The van der Waals surface area contributed by atoms with E-state index in [0.717, 1.165) is 35.9 Å². The quantitative estimate of drug-likeness (QED) is 0.765. The van der Waals surface area contributed by atoms with Gasteiger partial charge < -0.3 is 4.90 Å². The molecule has 0 saturated carbocycles. The lowest BCUT2D eigenvalue weighted by Crippen LogP contribution is -2.20. The van der Waals surface area contributed by atoms with Crippen LogP contribution in [0.4, 0.5) is 0 Å². The van der Waals surface area contributed by atoms with E-state index in [4.69, 9.17) is 11.6 Å². The predicted octanol–water partition coefficient (Wildman–Crippen LogP) is 3.01. The van der Waals surface area contributed by atoms with E-state index in [1.165, 1.54) is 0 Å². The van der Waals surface area contributed by atoms with Crippen molar-refractivity contribution in [3.05, 3.63) is 32.7 Å². The van der Waals surface area contributed by atoms with Crippen LogP contribution in [0.2, 0.25) is 0 Å². The van der Waals surface area contributed by atoms with Crippen molar-refractivity contribution < 1.29 is 0 Å². The Balaban J connectivity index is 1.77. The number of halogens is 1. The fraction of sp³-hybridized carbons (Fsp3) is 0.455. The molecule has 0 aromatic carbocycles. The zero-order valence-corrected chi connectivity index (χ0v) is 12.0. The summed E-state index contributed by atoms with van der Waals surface area (Å²) in [5, 5.41) is 5.28. The van der Waals surface area contributed by atoms with Crippen molar-refractivity contribution in [1.82, 2.24) is 14.9 Å². The first kappa shape index (κ1) is 13.0. The standard InChI is InChI=1S/C11H14ClN3S2/c1-15(5-10-6-16-8-13-10)3-2-11-14-9(4-12)7-17-11/h6-8H,2-5H2,1H3. The molecule has 0 aliphatic rings. The lowest BCUT2D eigenvalue weighted by Gasteiger charge is -2.13. The molecule has 0 aliphatic heterocycles. The van der Waals surface area contributed by atoms with Gasteiger partial charge in [0.05, 0.1) is 27.8 Å². The number of rotatable bonds is 6. The van der Waals surface area contributed by atoms with Gasteiger partial charge in [0.15, 0.2) is 0 Å². The van der Waals surface area contributed by atoms with E-state index in [1.807, 2.05) is 10.9 Å². The van der Waals surface area contributed by atoms with Crippen LogP contribution < -0.4 is 0 Å². The van der Waals surface area contributed by atoms with Crippen LogP contribution in [-0.4, -0.2) is 28.5 Å². The third-order valence-electron chi connectivity index (χ3n) is 2.36. The van der Waals surface area contributed by atoms with E-state index in [0.29, 0.717) is 5.88 Å². The molecule has 6 heteroatoms. The van der Waals surface area contributed by atoms with Crippen LogP contribution in [0.3, 0.4) is 0 Å². The molecule has 0 unspecified atom stereocenters. The SMILES string of the molecule is CN(CCc1nc(CCl)cs1)Cc1cscn1. The molecule has 0 N–H and O–H groups in total. The van der Waals surface area contributed by atoms with Gasteiger partial charge in [0, 0.05) is 30.3 Å². The summed E-state index contributed by atoms with van der Waals surface area (Å²) in [4.78, 5) is 11.0. The summed E-state index contributed by atoms with van der Waals surface area (Å²) in [6, 6.07) is 0. The highest BCUT2D eigenvalue weighted by molar-refractivity contribution is 7.09. The van der Waals surface area contributed by atoms with Gasteiger partial charge in [-0.1, -0.05) is 0 Å². The van der Waals surface area contributed by atoms with Crippen LogP contribution in [0.1, 0.15) is 16.4 Å². The molecular formula is C11H14ClN3S2. The van der Waals surface area contributed by atoms with Gasteiger partial charge in [0.25, 0.3) is 0 Å². The van der Waals surface area contributed by atoms with Crippen molar-refractivity contribution in [3.63, 3.8) is 0 Å². The second-order valence-corrected chi connectivity index (χ2v) is 5.76. The molecule has 2 aromatic rings. The van der Waals surface area contributed by atoms with Crippen molar-refractivity contribution in [2.24, 2.45) is 0 Å². The molecule has 0 fully saturated rings. The monoisotopic (exact) mass is 287 g/mol. The van der Waals surface area contributed by atoms with E-state index in [9.17, 15) is 0 Å². The average Bonchev–Trinajstić information content (AvgIpc) is 2.96. The van der Waals surface area contributed by atoms with E-state index >= 15 is 0 Å². The lowest BCUT2D eigenvalue weighted by atomic mass is 10.3. The number of aromatic nitrogens is 2. The molecule has 2 heterocycles. The maximum absolute atomic E-state index is 5.72. The van der Waals surface area contributed by atoms with Crippen molar-refractivity contribution in [2.75, 3.05) is 13.6 Å². The van der Waals surface area contributed by atoms with Gasteiger partial charge in [-0.25, -0.2) is 9.97 Å². The largest absolute Gasteiger partial charge is 0.300 e. The lowest BCUT2D eigenvalue weighted by molar-refractivity contribution is 0.327. The molecule has 0 saturated heterocycles. The van der Waals surface area contributed by atoms with Gasteiger partial charge in [0.2, 0.25) is 0 Å². The Morgan fingerprint density at radius 1 is 1.35 bits per heavy atom. The highest BCUT2D eigenvalue weighted by Crippen LogP contribution is 2.13. The number of hydrogen-bond acceptors (Lipinski definition) is 5. The van der Waals surface area contributed by atoms with E-state index in [2.05, 4.69) is 27.3 Å². The molecule has 0 atom stereocenters. The summed E-state index contributed by atoms with van der Waals surface area (Å²) in [5.74, 6) is 0.505. The molecular weight excluding hydrogens is 274 g/mol. The molecule has 92 valence electrons. The van der Waals surface area contributed by atoms with E-state index in [1.54, 1.807) is 22.7 Å². The third kappa shape index (κ3) is 4.03. The van der Waals surface area contributed by atoms with Crippen molar-refractivity contribution in [1.29, 1.82) is 0 Å². The summed E-state index contributed by atoms with van der Waals surface area (Å²) in [5.41, 5.74) is 3.99. The van der Waals surface area contributed by atoms with Crippen LogP contribution in [0.5, 0.6) is 0 Å². The Morgan fingerprint density at radius 2 is 2.24 bits per heavy atom. The summed E-state index contributed by atoms with van der Waals surface area (Å²) in [6.45, 7) is 1.89. The normalized spacial score (nSPS) is 11.2. The fourth-order valence-electron chi connectivity index (χ4n) is 1.48. The maximum Gasteiger partial charge on any atom is 0.0941 e. The first-order valence-corrected chi connectivity index (χ1v) is 7.68. The second-order valence-electron chi connectivity index (χ2n) is 3.83. The fourth-order valence-corrected chi connectivity index (χ4v) is 3.05. The molecule has 17 heavy (non-hydrogen) atoms. The van der Waals surface area contributed by atoms with Crippen LogP contribution in [0.15, 0.2) is 16.3 Å². The van der Waals surface area contributed by atoms with Crippen LogP contribution in [0.25, 0.3) is 0 Å². The van der Waals surface area contributed by atoms with Gasteiger partial charge in [-0.05, 0) is 7.05 Å². The van der Waals surface area contributed by atoms with Crippen LogP contribution in [0, 0.1) is 0 Å². The van der Waals surface area contributed by atoms with Crippen molar-refractivity contribution in [2.45, 2.75) is 18.8 Å². The zero-order chi connectivity index (χ0) is 12.1. The summed E-state index contributed by atoms with van der Waals surface area (Å²) in [6.07, 6.45) is 0.974. The smallest absolute Gasteiger partial charge is 0.0941 e. The van der Waals surface area contributed by atoms with Gasteiger partial charge in [-0.2, -0.15) is 0 Å². The Hall–Kier alpha value is -0.490. The van der Waals surface area contributed by atoms with Gasteiger partial charge in [0.1, 0.15) is 0 Å². The summed E-state index contributed by atoms with van der Waals surface area (Å²) >= 11 is 9.05. The minimum Gasteiger partial charge on any atom is -0.300 e. The Kier molecular flexibility index (Phi) is 4.91. The summed E-state index contributed by atoms with van der Waals surface area (Å²) in [7, 11) is 2.11. The number of nitrogens with zero attached hydrogens (tertiary/aromatic N) is 3. The van der Waals surface area contributed by atoms with Gasteiger partial charge >= 0.3 is 0 Å². The Morgan fingerprint density at radius 3 is 2.88 bits per heavy atom. The molecule has 0 aliphatic carbocycles. The molecule has 3 nitrogen and oxygen atoms in total. The molecule has 0 radical (unpaired) electrons. The van der Waals surface area contributed by atoms with E-state index in [-0.39, 0.29) is 0 Å². The molecule has 0 bridgehead atoms. The predicted molar refractivity (Wildman–Crippen MR) is 73.8 cm³/mol. The Labute approximate surface area is 114 Å². The van der Waals surface area contributed by atoms with Gasteiger partial charge in [-0.3, -0.25) is 0 Å². The molecule has 2 rings (SSSR count). The molecule has 0 spiro atoms. The first-order valence-electron chi connectivity index (χ1n) is 5.33. The number of hydrogen-bond donors (Lipinski definition) is 0. The number of alkyl halides is 1. The van der Waals surface area contributed by atoms with Crippen molar-refractivity contribution in [3.8, 4) is 0 Å². The highest BCUT2D eigenvalue weighted by atomic mass is 35.5. The maximum atomic E-state index is 5.72. The van der Waals surface area contributed by atoms with Crippen LogP contribution >= 0.6 is 34.3 Å². The molecule has 2 aromatic heterocycles. The third-order valence-corrected chi connectivity index (χ3v) is 4.23. The van der Waals surface area contributed by atoms with Crippen molar-refractivity contribution >= 4 is 34.3 Å². The highest BCUT2D eigenvalue weighted by Gasteiger charge is 2.05. The van der Waals surface area contributed by atoms with E-state index < -0.39 is 0 Å². The minimum atomic E-state index is 0.505. The zero-order valence-electron chi connectivity index (χ0n) is 9.60. The first-order chi connectivity index (χ1) is 8.28. The average molecular weight is 288 g/mol. The summed E-state index contributed by atoms with van der Waals surface area (Å²) < 4.78 is 0. The topological polar surface area (TPSA) is 29.0 Å².